The minimum Gasteiger partial charge on any atom is -0.475 e. The van der Waals surface area contributed by atoms with Gasteiger partial charge in [-0.1, -0.05) is 0 Å². The average Bonchev–Trinajstić information content (AvgIpc) is 3.08. The van der Waals surface area contributed by atoms with Crippen LogP contribution >= 0.6 is 0 Å². The second kappa shape index (κ2) is 8.19. The van der Waals surface area contributed by atoms with Gasteiger partial charge < -0.3 is 24.1 Å². The van der Waals surface area contributed by atoms with E-state index in [-0.39, 0.29) is 12.1 Å². The maximum atomic E-state index is 12.3. The molecule has 0 aliphatic heterocycles. The Kier molecular flexibility index (Phi) is 5.99. The highest BCUT2D eigenvalue weighted by atomic mass is 16.5. The Morgan fingerprint density at radius 3 is 2.96 bits per heavy atom. The number of methoxy groups -OCH3 is 1. The first kappa shape index (κ1) is 16.8. The lowest BCUT2D eigenvalue weighted by atomic mass is 10.2. The highest BCUT2D eigenvalue weighted by Gasteiger charge is 2.19. The maximum Gasteiger partial charge on any atom is 0.322 e. The Balaban J connectivity index is 1.95. The molecule has 2 rings (SSSR count). The number of urea groups is 1. The fourth-order valence-corrected chi connectivity index (χ4v) is 1.90. The zero-order chi connectivity index (χ0) is 16.7. The molecule has 0 saturated heterocycles. The summed E-state index contributed by atoms with van der Waals surface area (Å²) in [4.78, 5) is 18.0. The Labute approximate surface area is 135 Å². The predicted molar refractivity (Wildman–Crippen MR) is 85.5 cm³/mol. The number of rotatable bonds is 7. The summed E-state index contributed by atoms with van der Waals surface area (Å²) in [6.07, 6.45) is 3.16. The molecule has 0 spiro atoms. The summed E-state index contributed by atoms with van der Waals surface area (Å²) in [5.74, 6) is 1.16. The number of ether oxygens (including phenoxy) is 2. The number of nitrogens with zero attached hydrogens (tertiary/aromatic N) is 2. The predicted octanol–water partition coefficient (Wildman–Crippen LogP) is 2.92. The lowest BCUT2D eigenvalue weighted by Gasteiger charge is -2.23. The van der Waals surface area contributed by atoms with E-state index in [1.807, 2.05) is 13.0 Å². The monoisotopic (exact) mass is 319 g/mol. The van der Waals surface area contributed by atoms with Crippen molar-refractivity contribution >= 4 is 11.7 Å². The van der Waals surface area contributed by atoms with E-state index < -0.39 is 0 Å². The van der Waals surface area contributed by atoms with Crippen molar-refractivity contribution in [2.24, 2.45) is 0 Å². The lowest BCUT2D eigenvalue weighted by molar-refractivity contribution is 0.144. The molecule has 0 bridgehead atoms. The van der Waals surface area contributed by atoms with Crippen LogP contribution in [-0.4, -0.2) is 43.3 Å². The second-order valence-electron chi connectivity index (χ2n) is 4.96. The number of amides is 2. The summed E-state index contributed by atoms with van der Waals surface area (Å²) in [5, 5.41) is 2.81. The van der Waals surface area contributed by atoms with E-state index in [1.54, 1.807) is 49.7 Å². The Hall–Kier alpha value is -2.54. The van der Waals surface area contributed by atoms with E-state index in [4.69, 9.17) is 13.9 Å². The molecule has 0 aromatic carbocycles. The van der Waals surface area contributed by atoms with Crippen molar-refractivity contribution in [2.75, 3.05) is 32.7 Å². The molecule has 2 aromatic heterocycles. The van der Waals surface area contributed by atoms with Gasteiger partial charge in [-0.15, -0.1) is 0 Å². The SMILES string of the molecule is COCCOc1cc(NC(=O)N(C)C(C)c2ccco2)ccn1. The molecule has 1 atom stereocenters. The topological polar surface area (TPSA) is 76.8 Å². The van der Waals surface area contributed by atoms with Crippen LogP contribution in [-0.2, 0) is 4.74 Å². The standard InChI is InChI=1S/C16H21N3O4/c1-12(14-5-4-8-22-14)19(2)16(20)18-13-6-7-17-15(11-13)23-10-9-21-3/h4-8,11-12H,9-10H2,1-3H3,(H,17,18,20). The van der Waals surface area contributed by atoms with Crippen molar-refractivity contribution in [3.63, 3.8) is 0 Å². The van der Waals surface area contributed by atoms with Crippen molar-refractivity contribution in [3.8, 4) is 5.88 Å². The van der Waals surface area contributed by atoms with Gasteiger partial charge >= 0.3 is 6.03 Å². The number of aromatic nitrogens is 1. The molecule has 2 heterocycles. The normalized spacial score (nSPS) is 11.8. The van der Waals surface area contributed by atoms with E-state index in [1.165, 1.54) is 0 Å². The van der Waals surface area contributed by atoms with Crippen LogP contribution in [0.5, 0.6) is 5.88 Å². The van der Waals surface area contributed by atoms with Crippen molar-refractivity contribution in [1.29, 1.82) is 0 Å². The molecule has 1 unspecified atom stereocenters. The van der Waals surface area contributed by atoms with Crippen LogP contribution in [0.4, 0.5) is 10.5 Å². The first-order chi connectivity index (χ1) is 11.1. The van der Waals surface area contributed by atoms with Gasteiger partial charge in [0.1, 0.15) is 12.4 Å². The fraction of sp³-hybridized carbons (Fsp3) is 0.375. The molecule has 124 valence electrons. The largest absolute Gasteiger partial charge is 0.475 e. The molecule has 0 aliphatic rings. The molecule has 23 heavy (non-hydrogen) atoms. The van der Waals surface area contributed by atoms with Crippen molar-refractivity contribution in [1.82, 2.24) is 9.88 Å². The maximum absolute atomic E-state index is 12.3. The van der Waals surface area contributed by atoms with Gasteiger partial charge in [-0.25, -0.2) is 9.78 Å². The minimum absolute atomic E-state index is 0.177. The molecule has 1 N–H and O–H groups in total. The summed E-state index contributed by atoms with van der Waals surface area (Å²) in [6, 6.07) is 6.57. The molecule has 0 fully saturated rings. The van der Waals surface area contributed by atoms with Gasteiger partial charge in [-0.05, 0) is 25.1 Å². The number of furan rings is 1. The molecule has 0 aliphatic carbocycles. The first-order valence-electron chi connectivity index (χ1n) is 7.27. The van der Waals surface area contributed by atoms with Crippen LogP contribution < -0.4 is 10.1 Å². The number of carbonyl (C=O) groups excluding carboxylic acids is 1. The van der Waals surface area contributed by atoms with Gasteiger partial charge in [0.05, 0.1) is 18.9 Å². The molecule has 0 radical (unpaired) electrons. The van der Waals surface area contributed by atoms with Crippen molar-refractivity contribution in [2.45, 2.75) is 13.0 Å². The summed E-state index contributed by atoms with van der Waals surface area (Å²) in [5.41, 5.74) is 0.607. The number of pyridine rings is 1. The summed E-state index contributed by atoms with van der Waals surface area (Å²) in [7, 11) is 3.31. The zero-order valence-electron chi connectivity index (χ0n) is 13.5. The molecule has 0 saturated carbocycles. The lowest BCUT2D eigenvalue weighted by Crippen LogP contribution is -2.33. The molecular formula is C16H21N3O4. The van der Waals surface area contributed by atoms with Gasteiger partial charge in [0, 0.05) is 32.1 Å². The Morgan fingerprint density at radius 1 is 1.43 bits per heavy atom. The van der Waals surface area contributed by atoms with E-state index in [0.29, 0.717) is 24.8 Å². The Morgan fingerprint density at radius 2 is 2.26 bits per heavy atom. The number of nitrogens with one attached hydrogen (secondary N) is 1. The minimum atomic E-state index is -0.247. The van der Waals surface area contributed by atoms with E-state index in [2.05, 4.69) is 10.3 Å². The molecule has 7 heteroatoms. The van der Waals surface area contributed by atoms with Crippen LogP contribution in [0, 0.1) is 0 Å². The molecule has 7 nitrogen and oxygen atoms in total. The molecular weight excluding hydrogens is 298 g/mol. The summed E-state index contributed by atoms with van der Waals surface area (Å²) in [6.45, 7) is 2.77. The van der Waals surface area contributed by atoms with Gasteiger partial charge in [0.15, 0.2) is 0 Å². The first-order valence-corrected chi connectivity index (χ1v) is 7.27. The van der Waals surface area contributed by atoms with E-state index in [0.717, 1.165) is 5.76 Å². The van der Waals surface area contributed by atoms with Crippen LogP contribution in [0.25, 0.3) is 0 Å². The third-order valence-corrected chi connectivity index (χ3v) is 3.38. The van der Waals surface area contributed by atoms with Crippen LogP contribution in [0.15, 0.2) is 41.1 Å². The number of anilines is 1. The van der Waals surface area contributed by atoms with Crippen LogP contribution in [0.1, 0.15) is 18.7 Å². The fourth-order valence-electron chi connectivity index (χ4n) is 1.90. The van der Waals surface area contributed by atoms with E-state index in [9.17, 15) is 4.79 Å². The third kappa shape index (κ3) is 4.72. The summed E-state index contributed by atoms with van der Waals surface area (Å²) < 4.78 is 15.7. The quantitative estimate of drug-likeness (QED) is 0.794. The number of carbonyl (C=O) groups is 1. The van der Waals surface area contributed by atoms with Crippen molar-refractivity contribution < 1.29 is 18.7 Å². The Bertz CT molecular complexity index is 616. The van der Waals surface area contributed by atoms with Gasteiger partial charge in [-0.3, -0.25) is 0 Å². The molecule has 2 amide bonds. The second-order valence-corrected chi connectivity index (χ2v) is 4.96. The smallest absolute Gasteiger partial charge is 0.322 e. The molecule has 2 aromatic rings. The number of hydrogen-bond acceptors (Lipinski definition) is 5. The highest BCUT2D eigenvalue weighted by molar-refractivity contribution is 5.89. The van der Waals surface area contributed by atoms with Crippen LogP contribution in [0.3, 0.4) is 0 Å². The van der Waals surface area contributed by atoms with Crippen molar-refractivity contribution in [3.05, 3.63) is 42.5 Å². The van der Waals surface area contributed by atoms with E-state index >= 15 is 0 Å². The van der Waals surface area contributed by atoms with Gasteiger partial charge in [0.25, 0.3) is 0 Å². The summed E-state index contributed by atoms with van der Waals surface area (Å²) >= 11 is 0. The average molecular weight is 319 g/mol. The van der Waals surface area contributed by atoms with Gasteiger partial charge in [-0.2, -0.15) is 0 Å². The number of hydrogen-bond donors (Lipinski definition) is 1. The third-order valence-electron chi connectivity index (χ3n) is 3.38. The van der Waals surface area contributed by atoms with Gasteiger partial charge in [0.2, 0.25) is 5.88 Å². The zero-order valence-corrected chi connectivity index (χ0v) is 13.5. The van der Waals surface area contributed by atoms with Crippen LogP contribution in [0.2, 0.25) is 0 Å². The highest BCUT2D eigenvalue weighted by Crippen LogP contribution is 2.20.